The molecule has 0 aliphatic rings. The second kappa shape index (κ2) is 14.7. The van der Waals surface area contributed by atoms with Crippen LogP contribution in [0.25, 0.3) is 0 Å². The van der Waals surface area contributed by atoms with Gasteiger partial charge in [-0.25, -0.2) is 9.59 Å². The van der Waals surface area contributed by atoms with Crippen LogP contribution in [0.2, 0.25) is 0 Å². The molecule has 5 N–H and O–H groups in total. The summed E-state index contributed by atoms with van der Waals surface area (Å²) in [5.74, 6) is -7.48. The number of hydrogen-bond donors (Lipinski definition) is 5. The fourth-order valence-corrected chi connectivity index (χ4v) is 2.90. The average Bonchev–Trinajstić information content (AvgIpc) is 2.69. The number of carbonyl (C=O) groups is 7. The smallest absolute Gasteiger partial charge is 0.326 e. The fraction of sp³-hybridized carbons (Fsp3) is 0.667. The van der Waals surface area contributed by atoms with E-state index < -0.39 is 59.9 Å². The Kier molecular flexibility index (Phi) is 13.2. The third-order valence-corrected chi connectivity index (χ3v) is 4.89. The van der Waals surface area contributed by atoms with Gasteiger partial charge in [0.25, 0.3) is 0 Å². The Morgan fingerprint density at radius 3 is 1.67 bits per heavy atom. The Balaban J connectivity index is 4.74. The summed E-state index contributed by atoms with van der Waals surface area (Å²) in [6.45, 7) is 4.47. The summed E-state index contributed by atoms with van der Waals surface area (Å²) in [6, 6.07) is -2.58. The van der Waals surface area contributed by atoms with Crippen LogP contribution in [-0.4, -0.2) is 68.7 Å². The number of rotatable bonds is 17. The first kappa shape index (κ1) is 29.7. The van der Waals surface area contributed by atoms with Gasteiger partial charge >= 0.3 is 17.9 Å². The Morgan fingerprint density at radius 1 is 0.697 bits per heavy atom. The van der Waals surface area contributed by atoms with Gasteiger partial charge in [-0.15, -0.1) is 0 Å². The molecule has 3 atom stereocenters. The largest absolute Gasteiger partial charge is 0.481 e. The minimum Gasteiger partial charge on any atom is -0.481 e. The van der Waals surface area contributed by atoms with Crippen LogP contribution in [0.1, 0.15) is 65.7 Å². The molecule has 0 aliphatic heterocycles. The molecule has 0 rings (SSSR count). The third-order valence-electron chi connectivity index (χ3n) is 4.89. The maximum atomic E-state index is 12.1. The van der Waals surface area contributed by atoms with Crippen molar-refractivity contribution in [2.24, 2.45) is 11.8 Å². The predicted octanol–water partition coefficient (Wildman–Crippen LogP) is 0.371. The van der Waals surface area contributed by atoms with Crippen LogP contribution in [-0.2, 0) is 33.6 Å². The van der Waals surface area contributed by atoms with Crippen molar-refractivity contribution in [2.45, 2.75) is 77.8 Å². The zero-order valence-electron chi connectivity index (χ0n) is 19.0. The highest BCUT2D eigenvalue weighted by molar-refractivity contribution is 5.87. The molecule has 0 aromatic heterocycles. The van der Waals surface area contributed by atoms with Crippen LogP contribution in [0.4, 0.5) is 0 Å². The first-order chi connectivity index (χ1) is 15.2. The van der Waals surface area contributed by atoms with Gasteiger partial charge in [0.05, 0.1) is 5.92 Å². The summed E-state index contributed by atoms with van der Waals surface area (Å²) in [7, 11) is 0. The molecule has 0 heterocycles. The Bertz CT molecular complexity index is 762. The number of carboxylic acids is 3. The molecule has 0 saturated heterocycles. The van der Waals surface area contributed by atoms with Crippen molar-refractivity contribution in [3.63, 3.8) is 0 Å². The van der Waals surface area contributed by atoms with Gasteiger partial charge < -0.3 is 26.0 Å². The zero-order valence-corrected chi connectivity index (χ0v) is 19.0. The van der Waals surface area contributed by atoms with E-state index in [1.54, 1.807) is 13.8 Å². The zero-order chi connectivity index (χ0) is 25.7. The van der Waals surface area contributed by atoms with Crippen molar-refractivity contribution in [1.29, 1.82) is 0 Å². The highest BCUT2D eigenvalue weighted by Gasteiger charge is 2.26. The molecular weight excluding hydrogens is 440 g/mol. The minimum atomic E-state index is -1.33. The van der Waals surface area contributed by atoms with Gasteiger partial charge in [0.15, 0.2) is 0 Å². The molecule has 33 heavy (non-hydrogen) atoms. The summed E-state index contributed by atoms with van der Waals surface area (Å²) >= 11 is 0. The number of hydrogen-bond acceptors (Lipinski definition) is 7. The molecule has 2 amide bonds. The topological polar surface area (TPSA) is 204 Å². The van der Waals surface area contributed by atoms with E-state index in [9.17, 15) is 43.8 Å². The number of carboxylic acid groups (broad SMARTS) is 3. The van der Waals surface area contributed by atoms with Crippen molar-refractivity contribution in [2.75, 3.05) is 0 Å². The minimum absolute atomic E-state index is 0.0308. The quantitative estimate of drug-likeness (QED) is 0.197. The SMILES string of the molecule is CC(=O)N[C@@H](CCC(=O)C[C@@H](CCC(=O)N[C@@H](CCC(=O)C(C)C)C(=O)O)C(=O)O)C(=O)O. The number of nitrogens with one attached hydrogen (secondary N) is 2. The second-order valence-electron chi connectivity index (χ2n) is 8.06. The van der Waals surface area contributed by atoms with Crippen molar-refractivity contribution in [3.8, 4) is 0 Å². The van der Waals surface area contributed by atoms with Crippen molar-refractivity contribution in [1.82, 2.24) is 10.6 Å². The van der Waals surface area contributed by atoms with Crippen molar-refractivity contribution < 1.29 is 48.9 Å². The molecule has 186 valence electrons. The molecule has 0 aromatic carbocycles. The summed E-state index contributed by atoms with van der Waals surface area (Å²) in [4.78, 5) is 80.7. The van der Waals surface area contributed by atoms with Crippen molar-refractivity contribution in [3.05, 3.63) is 0 Å². The number of Topliss-reactive ketones (excluding diaryl/α,β-unsaturated/α-hetero) is 2. The number of ketones is 2. The lowest BCUT2D eigenvalue weighted by atomic mass is 9.94. The predicted molar refractivity (Wildman–Crippen MR) is 113 cm³/mol. The first-order valence-electron chi connectivity index (χ1n) is 10.5. The molecule has 0 aliphatic carbocycles. The first-order valence-corrected chi connectivity index (χ1v) is 10.5. The standard InChI is InChI=1S/C21H32N2O10/c1-11(2)17(26)8-7-16(21(32)33)23-18(27)9-4-13(19(28)29)10-14(25)5-6-15(20(30)31)22-12(3)24/h11,13,15-16H,4-10H2,1-3H3,(H,22,24)(H,23,27)(H,28,29)(H,30,31)(H,32,33)/t13-,15+,16+/m1/s1. The maximum Gasteiger partial charge on any atom is 0.326 e. The number of carbonyl (C=O) groups excluding carboxylic acids is 4. The van der Waals surface area contributed by atoms with Crippen LogP contribution in [0.15, 0.2) is 0 Å². The van der Waals surface area contributed by atoms with E-state index in [1.165, 1.54) is 0 Å². The van der Waals surface area contributed by atoms with E-state index in [-0.39, 0.29) is 50.2 Å². The van der Waals surface area contributed by atoms with Crippen LogP contribution in [0, 0.1) is 11.8 Å². The van der Waals surface area contributed by atoms with Gasteiger partial charge in [-0.2, -0.15) is 0 Å². The lowest BCUT2D eigenvalue weighted by Crippen LogP contribution is -2.41. The summed E-state index contributed by atoms with van der Waals surface area (Å²) in [6.07, 6.45) is -1.66. The molecule has 0 aromatic rings. The van der Waals surface area contributed by atoms with Crippen LogP contribution in [0.3, 0.4) is 0 Å². The maximum absolute atomic E-state index is 12.1. The normalized spacial score (nSPS) is 13.5. The van der Waals surface area contributed by atoms with Gasteiger partial charge in [-0.1, -0.05) is 13.8 Å². The van der Waals surface area contributed by atoms with Gasteiger partial charge in [0.2, 0.25) is 11.8 Å². The Labute approximate surface area is 191 Å². The van der Waals surface area contributed by atoms with Gasteiger partial charge in [-0.3, -0.25) is 24.0 Å². The highest BCUT2D eigenvalue weighted by Crippen LogP contribution is 2.15. The van der Waals surface area contributed by atoms with E-state index in [1.807, 2.05) is 0 Å². The van der Waals surface area contributed by atoms with E-state index in [4.69, 9.17) is 5.11 Å². The van der Waals surface area contributed by atoms with Crippen LogP contribution in [0.5, 0.6) is 0 Å². The van der Waals surface area contributed by atoms with Gasteiger partial charge in [0.1, 0.15) is 23.7 Å². The Morgan fingerprint density at radius 2 is 1.21 bits per heavy atom. The second-order valence-corrected chi connectivity index (χ2v) is 8.06. The molecule has 0 radical (unpaired) electrons. The molecule has 0 fully saturated rings. The Hall–Kier alpha value is -3.31. The van der Waals surface area contributed by atoms with Crippen LogP contribution >= 0.6 is 0 Å². The lowest BCUT2D eigenvalue weighted by molar-refractivity contribution is -0.145. The van der Waals surface area contributed by atoms with E-state index in [0.29, 0.717) is 0 Å². The van der Waals surface area contributed by atoms with E-state index >= 15 is 0 Å². The molecule has 0 spiro atoms. The molecule has 12 heteroatoms. The van der Waals surface area contributed by atoms with E-state index in [2.05, 4.69) is 10.6 Å². The summed E-state index contributed by atoms with van der Waals surface area (Å²) in [5.41, 5.74) is 0. The lowest BCUT2D eigenvalue weighted by Gasteiger charge is -2.16. The van der Waals surface area contributed by atoms with Gasteiger partial charge in [0, 0.05) is 38.5 Å². The van der Waals surface area contributed by atoms with E-state index in [0.717, 1.165) is 6.92 Å². The van der Waals surface area contributed by atoms with Crippen molar-refractivity contribution >= 4 is 41.3 Å². The highest BCUT2D eigenvalue weighted by atomic mass is 16.4. The number of aliphatic carboxylic acids is 3. The molecule has 0 bridgehead atoms. The monoisotopic (exact) mass is 472 g/mol. The average molecular weight is 472 g/mol. The molecular formula is C21H32N2O10. The molecule has 12 nitrogen and oxygen atoms in total. The molecule has 0 saturated carbocycles. The molecule has 0 unspecified atom stereocenters. The fourth-order valence-electron chi connectivity index (χ4n) is 2.90. The van der Waals surface area contributed by atoms with Gasteiger partial charge in [-0.05, 0) is 19.3 Å². The third kappa shape index (κ3) is 13.0. The van der Waals surface area contributed by atoms with Crippen LogP contribution < -0.4 is 10.6 Å². The number of amides is 2. The summed E-state index contributed by atoms with van der Waals surface area (Å²) < 4.78 is 0. The summed E-state index contributed by atoms with van der Waals surface area (Å²) in [5, 5.41) is 32.0.